The molecule has 0 bridgehead atoms. The van der Waals surface area contributed by atoms with Crippen LogP contribution >= 0.6 is 0 Å². The molecule has 1 N–H and O–H groups in total. The fourth-order valence-corrected chi connectivity index (χ4v) is 3.29. The Labute approximate surface area is 163 Å². The Morgan fingerprint density at radius 1 is 1.04 bits per heavy atom. The van der Waals surface area contributed by atoms with Crippen LogP contribution in [-0.2, 0) is 6.42 Å². The number of aromatic nitrogens is 2. The number of carbonyl (C=O) groups is 1. The van der Waals surface area contributed by atoms with E-state index >= 15 is 0 Å². The van der Waals surface area contributed by atoms with Crippen molar-refractivity contribution in [3.63, 3.8) is 0 Å². The minimum atomic E-state index is -0.136. The summed E-state index contributed by atoms with van der Waals surface area (Å²) < 4.78 is 10.6. The Bertz CT molecular complexity index is 1020. The Kier molecular flexibility index (Phi) is 4.80. The van der Waals surface area contributed by atoms with Gasteiger partial charge in [-0.15, -0.1) is 0 Å². The van der Waals surface area contributed by atoms with Gasteiger partial charge >= 0.3 is 0 Å². The molecule has 0 radical (unpaired) electrons. The molecule has 0 unspecified atom stereocenters. The molecule has 1 aliphatic rings. The Morgan fingerprint density at radius 2 is 1.86 bits per heavy atom. The standard InChI is InChI=1S/C21H20N4O3/c1-27-18-8-7-15(11-19(18)28-2)24-20-12-16(22-13-23-20)21(26)25-10-9-14-5-3-4-6-17(14)25/h3-8,11-13H,9-10H2,1-2H3,(H,22,23,24). The largest absolute Gasteiger partial charge is 0.493 e. The molecule has 3 aromatic rings. The molecule has 0 spiro atoms. The zero-order chi connectivity index (χ0) is 19.5. The van der Waals surface area contributed by atoms with E-state index in [2.05, 4.69) is 15.3 Å². The molecule has 1 aromatic heterocycles. The monoisotopic (exact) mass is 376 g/mol. The minimum Gasteiger partial charge on any atom is -0.493 e. The van der Waals surface area contributed by atoms with Gasteiger partial charge in [0.25, 0.3) is 5.91 Å². The highest BCUT2D eigenvalue weighted by atomic mass is 16.5. The SMILES string of the molecule is COc1ccc(Nc2cc(C(=O)N3CCc4ccccc43)ncn2)cc1OC. The number of nitrogens with one attached hydrogen (secondary N) is 1. The average Bonchev–Trinajstić information content (AvgIpc) is 3.17. The van der Waals surface area contributed by atoms with E-state index in [4.69, 9.17) is 9.47 Å². The van der Waals surface area contributed by atoms with E-state index in [0.717, 1.165) is 17.8 Å². The van der Waals surface area contributed by atoms with Crippen LogP contribution in [0.2, 0.25) is 0 Å². The minimum absolute atomic E-state index is 0.136. The first-order valence-electron chi connectivity index (χ1n) is 8.90. The summed E-state index contributed by atoms with van der Waals surface area (Å²) >= 11 is 0. The van der Waals surface area contributed by atoms with E-state index in [-0.39, 0.29) is 5.91 Å². The third-order valence-corrected chi connectivity index (χ3v) is 4.67. The zero-order valence-corrected chi connectivity index (χ0v) is 15.7. The maximum absolute atomic E-state index is 13.0. The molecular weight excluding hydrogens is 356 g/mol. The molecular formula is C21H20N4O3. The first kappa shape index (κ1) is 17.8. The van der Waals surface area contributed by atoms with Gasteiger partial charge in [-0.1, -0.05) is 18.2 Å². The van der Waals surface area contributed by atoms with E-state index in [1.54, 1.807) is 37.3 Å². The normalized spacial score (nSPS) is 12.4. The second-order valence-electron chi connectivity index (χ2n) is 6.32. The molecule has 28 heavy (non-hydrogen) atoms. The lowest BCUT2D eigenvalue weighted by Gasteiger charge is -2.17. The van der Waals surface area contributed by atoms with Crippen molar-refractivity contribution in [3.8, 4) is 11.5 Å². The highest BCUT2D eigenvalue weighted by molar-refractivity contribution is 6.06. The summed E-state index contributed by atoms with van der Waals surface area (Å²) in [5.74, 6) is 1.63. The lowest BCUT2D eigenvalue weighted by Crippen LogP contribution is -2.29. The third-order valence-electron chi connectivity index (χ3n) is 4.67. The van der Waals surface area contributed by atoms with Crippen molar-refractivity contribution in [2.45, 2.75) is 6.42 Å². The maximum Gasteiger partial charge on any atom is 0.277 e. The summed E-state index contributed by atoms with van der Waals surface area (Å²) in [5, 5.41) is 3.18. The topological polar surface area (TPSA) is 76.6 Å². The van der Waals surface area contributed by atoms with Gasteiger partial charge in [-0.25, -0.2) is 9.97 Å². The molecule has 0 fully saturated rings. The number of anilines is 3. The molecule has 2 heterocycles. The lowest BCUT2D eigenvalue weighted by atomic mass is 10.2. The van der Waals surface area contributed by atoms with Gasteiger partial charge in [-0.3, -0.25) is 4.79 Å². The fraction of sp³-hybridized carbons (Fsp3) is 0.190. The average molecular weight is 376 g/mol. The van der Waals surface area contributed by atoms with E-state index < -0.39 is 0 Å². The molecule has 0 aliphatic carbocycles. The lowest BCUT2D eigenvalue weighted by molar-refractivity contribution is 0.0984. The van der Waals surface area contributed by atoms with Crippen LogP contribution in [0.5, 0.6) is 11.5 Å². The van der Waals surface area contributed by atoms with Gasteiger partial charge in [0, 0.05) is 30.1 Å². The second kappa shape index (κ2) is 7.56. The number of hydrogen-bond acceptors (Lipinski definition) is 6. The highest BCUT2D eigenvalue weighted by Crippen LogP contribution is 2.31. The molecule has 0 atom stereocenters. The van der Waals surface area contributed by atoms with Crippen LogP contribution in [0.25, 0.3) is 0 Å². The number of methoxy groups -OCH3 is 2. The Morgan fingerprint density at radius 3 is 2.68 bits per heavy atom. The number of ether oxygens (including phenoxy) is 2. The number of benzene rings is 2. The smallest absolute Gasteiger partial charge is 0.277 e. The molecule has 1 amide bonds. The van der Waals surface area contributed by atoms with Crippen molar-refractivity contribution in [1.29, 1.82) is 0 Å². The number of rotatable bonds is 5. The van der Waals surface area contributed by atoms with Crippen molar-refractivity contribution in [3.05, 3.63) is 66.1 Å². The van der Waals surface area contributed by atoms with Gasteiger partial charge in [-0.2, -0.15) is 0 Å². The van der Waals surface area contributed by atoms with Crippen LogP contribution in [0, 0.1) is 0 Å². The molecule has 1 aliphatic heterocycles. The first-order chi connectivity index (χ1) is 13.7. The van der Waals surface area contributed by atoms with E-state index in [1.165, 1.54) is 11.9 Å². The van der Waals surface area contributed by atoms with E-state index in [9.17, 15) is 4.79 Å². The van der Waals surface area contributed by atoms with E-state index in [1.807, 2.05) is 30.3 Å². The van der Waals surface area contributed by atoms with Crippen LogP contribution in [-0.4, -0.2) is 36.6 Å². The van der Waals surface area contributed by atoms with Crippen molar-refractivity contribution < 1.29 is 14.3 Å². The predicted octanol–water partition coefficient (Wildman–Crippen LogP) is 3.44. The number of nitrogens with zero attached hydrogens (tertiary/aromatic N) is 3. The van der Waals surface area contributed by atoms with Crippen LogP contribution < -0.4 is 19.7 Å². The van der Waals surface area contributed by atoms with Gasteiger partial charge in [0.1, 0.15) is 17.8 Å². The number of para-hydroxylation sites is 1. The molecule has 0 saturated heterocycles. The second-order valence-corrected chi connectivity index (χ2v) is 6.32. The quantitative estimate of drug-likeness (QED) is 0.735. The number of amides is 1. The molecule has 142 valence electrons. The summed E-state index contributed by atoms with van der Waals surface area (Å²) in [6.45, 7) is 0.653. The maximum atomic E-state index is 13.0. The van der Waals surface area contributed by atoms with Crippen LogP contribution in [0.1, 0.15) is 16.1 Å². The van der Waals surface area contributed by atoms with Crippen molar-refractivity contribution in [2.75, 3.05) is 31.0 Å². The van der Waals surface area contributed by atoms with Crippen LogP contribution in [0.3, 0.4) is 0 Å². The van der Waals surface area contributed by atoms with Crippen LogP contribution in [0.15, 0.2) is 54.9 Å². The molecule has 4 rings (SSSR count). The molecule has 7 heteroatoms. The fourth-order valence-electron chi connectivity index (χ4n) is 3.29. The first-order valence-corrected chi connectivity index (χ1v) is 8.90. The van der Waals surface area contributed by atoms with Crippen molar-refractivity contribution in [1.82, 2.24) is 9.97 Å². The number of fused-ring (bicyclic) bond motifs is 1. The summed E-state index contributed by atoms with van der Waals surface area (Å²) in [6, 6.07) is 15.0. The Balaban J connectivity index is 1.56. The summed E-state index contributed by atoms with van der Waals surface area (Å²) in [7, 11) is 3.17. The van der Waals surface area contributed by atoms with Gasteiger partial charge in [-0.05, 0) is 30.2 Å². The van der Waals surface area contributed by atoms with Gasteiger partial charge < -0.3 is 19.7 Å². The van der Waals surface area contributed by atoms with Crippen LogP contribution in [0.4, 0.5) is 17.2 Å². The summed E-state index contributed by atoms with van der Waals surface area (Å²) in [6.07, 6.45) is 2.24. The summed E-state index contributed by atoms with van der Waals surface area (Å²) in [5.41, 5.74) is 3.23. The molecule has 7 nitrogen and oxygen atoms in total. The molecule has 0 saturated carbocycles. The third kappa shape index (κ3) is 3.34. The Hall–Kier alpha value is -3.61. The van der Waals surface area contributed by atoms with Crippen molar-refractivity contribution >= 4 is 23.1 Å². The molecule has 2 aromatic carbocycles. The number of carbonyl (C=O) groups excluding carboxylic acids is 1. The van der Waals surface area contributed by atoms with Gasteiger partial charge in [0.15, 0.2) is 11.5 Å². The summed E-state index contributed by atoms with van der Waals surface area (Å²) in [4.78, 5) is 23.1. The number of hydrogen-bond donors (Lipinski definition) is 1. The van der Waals surface area contributed by atoms with Gasteiger partial charge in [0.2, 0.25) is 0 Å². The van der Waals surface area contributed by atoms with E-state index in [0.29, 0.717) is 29.6 Å². The van der Waals surface area contributed by atoms with Crippen molar-refractivity contribution in [2.24, 2.45) is 0 Å². The highest BCUT2D eigenvalue weighted by Gasteiger charge is 2.26. The zero-order valence-electron chi connectivity index (χ0n) is 15.7. The van der Waals surface area contributed by atoms with Gasteiger partial charge in [0.05, 0.1) is 14.2 Å². The predicted molar refractivity (Wildman–Crippen MR) is 107 cm³/mol.